The molecular weight excluding hydrogens is 491 g/mol. The van der Waals surface area contributed by atoms with E-state index >= 15 is 0 Å². The summed E-state index contributed by atoms with van der Waals surface area (Å²) in [6.45, 7) is 7.70. The molecule has 1 spiro atoms. The third-order valence-corrected chi connectivity index (χ3v) is 7.75. The van der Waals surface area contributed by atoms with Gasteiger partial charge in [0.25, 0.3) is 0 Å². The second-order valence-corrected chi connectivity index (χ2v) is 11.9. The molecule has 0 bridgehead atoms. The summed E-state index contributed by atoms with van der Waals surface area (Å²) >= 11 is 1.50. The van der Waals surface area contributed by atoms with E-state index in [2.05, 4.69) is 10.3 Å². The van der Waals surface area contributed by atoms with Crippen molar-refractivity contribution in [2.45, 2.75) is 57.7 Å². The summed E-state index contributed by atoms with van der Waals surface area (Å²) in [5, 5.41) is 4.04. The summed E-state index contributed by atoms with van der Waals surface area (Å²) < 4.78 is 25.1. The molecule has 4 heterocycles. The summed E-state index contributed by atoms with van der Waals surface area (Å²) in [7, 11) is 0. The zero-order valence-electron chi connectivity index (χ0n) is 21.5. The summed E-state index contributed by atoms with van der Waals surface area (Å²) in [5.74, 6) is 0.884. The van der Waals surface area contributed by atoms with Gasteiger partial charge in [-0.25, -0.2) is 19.2 Å². The Labute approximate surface area is 221 Å². The monoisotopic (exact) mass is 524 g/mol. The van der Waals surface area contributed by atoms with E-state index in [1.807, 2.05) is 39.0 Å². The molecule has 7 nitrogen and oxygen atoms in total. The van der Waals surface area contributed by atoms with Crippen molar-refractivity contribution in [3.63, 3.8) is 0 Å². The number of anilines is 2. The Morgan fingerprint density at radius 3 is 2.70 bits per heavy atom. The number of nitrogens with zero attached hydrogens (tertiary/aromatic N) is 3. The summed E-state index contributed by atoms with van der Waals surface area (Å²) in [6.07, 6.45) is 5.02. The van der Waals surface area contributed by atoms with Gasteiger partial charge >= 0.3 is 6.09 Å². The number of carbonyl (C=O) groups excluding carboxylic acids is 1. The minimum atomic E-state index is -0.484. The van der Waals surface area contributed by atoms with Crippen LogP contribution < -0.4 is 5.32 Å². The van der Waals surface area contributed by atoms with Crippen molar-refractivity contribution < 1.29 is 18.7 Å². The number of carbonyl (C=O) groups is 1. The Morgan fingerprint density at radius 2 is 1.97 bits per heavy atom. The largest absolute Gasteiger partial charge is 0.444 e. The van der Waals surface area contributed by atoms with Crippen molar-refractivity contribution in [3.05, 3.63) is 60.2 Å². The van der Waals surface area contributed by atoms with Crippen LogP contribution in [0.5, 0.6) is 0 Å². The lowest BCUT2D eigenvalue weighted by molar-refractivity contribution is -0.0487. The zero-order chi connectivity index (χ0) is 26.0. The Balaban J connectivity index is 1.15. The van der Waals surface area contributed by atoms with E-state index in [-0.39, 0.29) is 17.5 Å². The molecule has 1 aromatic carbocycles. The number of amides is 1. The maximum Gasteiger partial charge on any atom is 0.410 e. The van der Waals surface area contributed by atoms with Gasteiger partial charge < -0.3 is 19.7 Å². The molecule has 2 aliphatic rings. The smallest absolute Gasteiger partial charge is 0.410 e. The van der Waals surface area contributed by atoms with Crippen LogP contribution in [0.2, 0.25) is 0 Å². The molecule has 0 aliphatic carbocycles. The molecule has 1 N–H and O–H groups in total. The van der Waals surface area contributed by atoms with E-state index in [1.165, 1.54) is 23.5 Å². The number of halogens is 1. The fourth-order valence-electron chi connectivity index (χ4n) is 4.99. The fraction of sp³-hybridized carbons (Fsp3) is 0.464. The molecule has 0 saturated carbocycles. The number of piperidine rings is 1. The SMILES string of the molecule is CC(C)(C)OC(=O)N1CCC2(CC1)CC(Cc1cccc(Nc3ncc(-c4ccc(F)cc4)s3)n1)CO2. The average Bonchev–Trinajstić information content (AvgIpc) is 3.46. The number of ether oxygens (including phenoxy) is 2. The average molecular weight is 525 g/mol. The van der Waals surface area contributed by atoms with Gasteiger partial charge in [-0.1, -0.05) is 29.5 Å². The van der Waals surface area contributed by atoms with Crippen LogP contribution in [-0.4, -0.2) is 51.9 Å². The van der Waals surface area contributed by atoms with E-state index in [9.17, 15) is 9.18 Å². The van der Waals surface area contributed by atoms with Crippen LogP contribution in [0.15, 0.2) is 48.7 Å². The number of likely N-dealkylation sites (tertiary alicyclic amines) is 1. The Kier molecular flexibility index (Phi) is 7.18. The van der Waals surface area contributed by atoms with Gasteiger partial charge in [-0.3, -0.25) is 0 Å². The number of nitrogens with one attached hydrogen (secondary N) is 1. The van der Waals surface area contributed by atoms with Gasteiger partial charge in [0.05, 0.1) is 17.1 Å². The number of hydrogen-bond donors (Lipinski definition) is 1. The molecule has 1 unspecified atom stereocenters. The van der Waals surface area contributed by atoms with Gasteiger partial charge in [0.15, 0.2) is 5.13 Å². The maximum absolute atomic E-state index is 13.2. The predicted molar refractivity (Wildman–Crippen MR) is 143 cm³/mol. The molecule has 196 valence electrons. The van der Waals surface area contributed by atoms with Crippen molar-refractivity contribution in [3.8, 4) is 10.4 Å². The molecule has 2 aromatic heterocycles. The number of hydrogen-bond acceptors (Lipinski definition) is 7. The van der Waals surface area contributed by atoms with Crippen LogP contribution >= 0.6 is 11.3 Å². The molecule has 5 rings (SSSR count). The second-order valence-electron chi connectivity index (χ2n) is 10.9. The standard InChI is InChI=1S/C28H33FN4O3S/c1-27(2,3)36-26(34)33-13-11-28(12-14-33)16-19(18-35-28)15-22-5-4-6-24(31-22)32-25-30-17-23(37-25)20-7-9-21(29)10-8-20/h4-10,17,19H,11-16,18H2,1-3H3,(H,30,31,32). The molecule has 9 heteroatoms. The van der Waals surface area contributed by atoms with E-state index in [0.717, 1.165) is 52.8 Å². The van der Waals surface area contributed by atoms with Crippen molar-refractivity contribution >= 4 is 28.4 Å². The molecule has 3 aromatic rings. The number of aromatic nitrogens is 2. The van der Waals surface area contributed by atoms with Crippen molar-refractivity contribution in [1.82, 2.24) is 14.9 Å². The first-order chi connectivity index (χ1) is 17.7. The highest BCUT2D eigenvalue weighted by Gasteiger charge is 2.44. The minimum Gasteiger partial charge on any atom is -0.444 e. The van der Waals surface area contributed by atoms with Crippen LogP contribution in [0, 0.1) is 11.7 Å². The first-order valence-corrected chi connectivity index (χ1v) is 13.5. The molecular formula is C28H33FN4O3S. The molecule has 1 atom stereocenters. The Hall–Kier alpha value is -3.04. The summed E-state index contributed by atoms with van der Waals surface area (Å²) in [5.41, 5.74) is 1.30. The number of benzene rings is 1. The van der Waals surface area contributed by atoms with Crippen molar-refractivity contribution in [2.24, 2.45) is 5.92 Å². The molecule has 1 amide bonds. The lowest BCUT2D eigenvalue weighted by Crippen LogP contribution is -2.47. The van der Waals surface area contributed by atoms with Crippen LogP contribution in [0.3, 0.4) is 0 Å². The molecule has 2 saturated heterocycles. The molecule has 2 aliphatic heterocycles. The van der Waals surface area contributed by atoms with E-state index < -0.39 is 5.60 Å². The fourth-order valence-corrected chi connectivity index (χ4v) is 5.82. The maximum atomic E-state index is 13.2. The number of pyridine rings is 1. The summed E-state index contributed by atoms with van der Waals surface area (Å²) in [4.78, 5) is 24.4. The third kappa shape index (κ3) is 6.45. The lowest BCUT2D eigenvalue weighted by Gasteiger charge is -2.39. The van der Waals surface area contributed by atoms with E-state index in [4.69, 9.17) is 14.5 Å². The van der Waals surface area contributed by atoms with Gasteiger partial charge in [-0.2, -0.15) is 0 Å². The van der Waals surface area contributed by atoms with Crippen molar-refractivity contribution in [1.29, 1.82) is 0 Å². The molecule has 0 radical (unpaired) electrons. The van der Waals surface area contributed by atoms with Crippen molar-refractivity contribution in [2.75, 3.05) is 25.0 Å². The van der Waals surface area contributed by atoms with Gasteiger partial charge in [-0.15, -0.1) is 0 Å². The van der Waals surface area contributed by atoms with Gasteiger partial charge in [0, 0.05) is 25.0 Å². The van der Waals surface area contributed by atoms with Crippen LogP contribution in [0.25, 0.3) is 10.4 Å². The quantitative estimate of drug-likeness (QED) is 0.414. The number of thiazole rings is 1. The van der Waals surface area contributed by atoms with E-state index in [1.54, 1.807) is 23.2 Å². The normalized spacial score (nSPS) is 19.2. The third-order valence-electron chi connectivity index (χ3n) is 6.79. The van der Waals surface area contributed by atoms with Gasteiger partial charge in [-0.05, 0) is 82.2 Å². The van der Waals surface area contributed by atoms with Crippen LogP contribution in [0.1, 0.15) is 45.7 Å². The highest BCUT2D eigenvalue weighted by atomic mass is 32.1. The highest BCUT2D eigenvalue weighted by Crippen LogP contribution is 2.40. The Morgan fingerprint density at radius 1 is 1.22 bits per heavy atom. The first-order valence-electron chi connectivity index (χ1n) is 12.7. The van der Waals surface area contributed by atoms with Gasteiger partial charge in [0.1, 0.15) is 17.2 Å². The van der Waals surface area contributed by atoms with Gasteiger partial charge in [0.2, 0.25) is 0 Å². The second kappa shape index (κ2) is 10.4. The van der Waals surface area contributed by atoms with E-state index in [0.29, 0.717) is 25.6 Å². The molecule has 2 fully saturated rings. The van der Waals surface area contributed by atoms with Crippen LogP contribution in [0.4, 0.5) is 20.1 Å². The molecule has 37 heavy (non-hydrogen) atoms. The van der Waals surface area contributed by atoms with Crippen LogP contribution in [-0.2, 0) is 15.9 Å². The highest BCUT2D eigenvalue weighted by molar-refractivity contribution is 7.18. The Bertz CT molecular complexity index is 1230. The number of rotatable bonds is 5. The predicted octanol–water partition coefficient (Wildman–Crippen LogP) is 6.44. The minimum absolute atomic E-state index is 0.156. The lowest BCUT2D eigenvalue weighted by atomic mass is 9.84. The first kappa shape index (κ1) is 25.6. The summed E-state index contributed by atoms with van der Waals surface area (Å²) in [6, 6.07) is 12.4. The zero-order valence-corrected chi connectivity index (χ0v) is 22.3. The topological polar surface area (TPSA) is 76.6 Å².